The Kier molecular flexibility index (Phi) is 7.00. The van der Waals surface area contributed by atoms with Crippen LogP contribution in [0.2, 0.25) is 10.0 Å². The number of rotatable bonds is 6. The van der Waals surface area contributed by atoms with Crippen LogP contribution in [0.15, 0.2) is 42.5 Å². The lowest BCUT2D eigenvalue weighted by Gasteiger charge is -2.08. The minimum Gasteiger partial charge on any atom is -0.452 e. The molecule has 0 spiro atoms. The second kappa shape index (κ2) is 9.22. The van der Waals surface area contributed by atoms with E-state index in [4.69, 9.17) is 27.9 Å². The third-order valence-corrected chi connectivity index (χ3v) is 3.97. The van der Waals surface area contributed by atoms with Gasteiger partial charge in [0.2, 0.25) is 0 Å². The fraction of sp³-hybridized carbons (Fsp3) is 0.167. The quantitative estimate of drug-likeness (QED) is 0.733. The molecular weight excluding hydrogens is 379 g/mol. The summed E-state index contributed by atoms with van der Waals surface area (Å²) in [4.78, 5) is 35.7. The Balaban J connectivity index is 1.92. The zero-order chi connectivity index (χ0) is 19.1. The molecule has 0 heterocycles. The third-order valence-electron chi connectivity index (χ3n) is 3.24. The standard InChI is InChI=1S/C18H16Cl2N2O4/c1-2-21-17(24)11-4-3-5-13(8-11)22-16(23)10-26-18(25)12-6-7-14(19)15(20)9-12/h3-9H,2,10H2,1H3,(H,21,24)(H,22,23). The van der Waals surface area contributed by atoms with Gasteiger partial charge >= 0.3 is 5.97 Å². The minimum atomic E-state index is -0.699. The number of halogens is 2. The number of nitrogens with one attached hydrogen (secondary N) is 2. The lowest BCUT2D eigenvalue weighted by Crippen LogP contribution is -2.23. The third kappa shape index (κ3) is 5.47. The molecule has 0 aliphatic heterocycles. The number of ether oxygens (including phenoxy) is 1. The summed E-state index contributed by atoms with van der Waals surface area (Å²) in [5, 5.41) is 5.76. The van der Waals surface area contributed by atoms with Crippen molar-refractivity contribution in [3.63, 3.8) is 0 Å². The number of hydrogen-bond donors (Lipinski definition) is 2. The van der Waals surface area contributed by atoms with Crippen LogP contribution in [-0.4, -0.2) is 30.9 Å². The van der Waals surface area contributed by atoms with Gasteiger partial charge in [-0.2, -0.15) is 0 Å². The van der Waals surface area contributed by atoms with Gasteiger partial charge in [0.1, 0.15) is 0 Å². The van der Waals surface area contributed by atoms with Crippen molar-refractivity contribution in [1.82, 2.24) is 5.32 Å². The molecule has 0 unspecified atom stereocenters. The highest BCUT2D eigenvalue weighted by Gasteiger charge is 2.12. The van der Waals surface area contributed by atoms with Crippen molar-refractivity contribution in [2.75, 3.05) is 18.5 Å². The zero-order valence-electron chi connectivity index (χ0n) is 13.8. The molecule has 0 atom stereocenters. The van der Waals surface area contributed by atoms with Crippen LogP contribution in [-0.2, 0) is 9.53 Å². The van der Waals surface area contributed by atoms with Gasteiger partial charge in [0.05, 0.1) is 15.6 Å². The van der Waals surface area contributed by atoms with E-state index in [-0.39, 0.29) is 16.5 Å². The molecule has 2 aromatic rings. The van der Waals surface area contributed by atoms with Gasteiger partial charge in [0, 0.05) is 17.8 Å². The lowest BCUT2D eigenvalue weighted by atomic mass is 10.2. The zero-order valence-corrected chi connectivity index (χ0v) is 15.4. The molecule has 2 rings (SSSR count). The molecule has 0 bridgehead atoms. The first-order valence-corrected chi connectivity index (χ1v) is 8.46. The van der Waals surface area contributed by atoms with Crippen molar-refractivity contribution in [2.45, 2.75) is 6.92 Å². The van der Waals surface area contributed by atoms with E-state index in [1.165, 1.54) is 24.3 Å². The summed E-state index contributed by atoms with van der Waals surface area (Å²) in [7, 11) is 0. The predicted molar refractivity (Wildman–Crippen MR) is 99.8 cm³/mol. The Hall–Kier alpha value is -2.57. The first kappa shape index (κ1) is 19.8. The van der Waals surface area contributed by atoms with E-state index in [0.717, 1.165) is 0 Å². The highest BCUT2D eigenvalue weighted by molar-refractivity contribution is 6.42. The van der Waals surface area contributed by atoms with Crippen LogP contribution >= 0.6 is 23.2 Å². The number of amides is 2. The van der Waals surface area contributed by atoms with Gasteiger partial charge in [-0.05, 0) is 43.3 Å². The number of hydrogen-bond acceptors (Lipinski definition) is 4. The second-order valence-electron chi connectivity index (χ2n) is 5.19. The summed E-state index contributed by atoms with van der Waals surface area (Å²) in [6, 6.07) is 10.7. The van der Waals surface area contributed by atoms with Gasteiger partial charge in [-0.15, -0.1) is 0 Å². The Morgan fingerprint density at radius 2 is 1.77 bits per heavy atom. The molecule has 2 amide bonds. The molecule has 8 heteroatoms. The van der Waals surface area contributed by atoms with Crippen LogP contribution in [0.25, 0.3) is 0 Å². The second-order valence-corrected chi connectivity index (χ2v) is 6.01. The van der Waals surface area contributed by atoms with Crippen LogP contribution in [0, 0.1) is 0 Å². The summed E-state index contributed by atoms with van der Waals surface area (Å²) in [6.07, 6.45) is 0. The van der Waals surface area contributed by atoms with E-state index >= 15 is 0 Å². The molecular formula is C18H16Cl2N2O4. The van der Waals surface area contributed by atoms with Crippen LogP contribution in [0.3, 0.4) is 0 Å². The van der Waals surface area contributed by atoms with Gasteiger partial charge in [0.25, 0.3) is 11.8 Å². The maximum absolute atomic E-state index is 11.9. The summed E-state index contributed by atoms with van der Waals surface area (Å²) >= 11 is 11.6. The van der Waals surface area contributed by atoms with Crippen molar-refractivity contribution in [2.24, 2.45) is 0 Å². The summed E-state index contributed by atoms with van der Waals surface area (Å²) in [5.74, 6) is -1.48. The molecule has 26 heavy (non-hydrogen) atoms. The first-order chi connectivity index (χ1) is 12.4. The Bertz CT molecular complexity index is 840. The molecule has 6 nitrogen and oxygen atoms in total. The lowest BCUT2D eigenvalue weighted by molar-refractivity contribution is -0.119. The van der Waals surface area contributed by atoms with Gasteiger partial charge < -0.3 is 15.4 Å². The van der Waals surface area contributed by atoms with Crippen molar-refractivity contribution in [1.29, 1.82) is 0 Å². The van der Waals surface area contributed by atoms with Crippen molar-refractivity contribution < 1.29 is 19.1 Å². The molecule has 0 radical (unpaired) electrons. The van der Waals surface area contributed by atoms with E-state index in [2.05, 4.69) is 10.6 Å². The fourth-order valence-electron chi connectivity index (χ4n) is 2.04. The molecule has 0 fully saturated rings. The molecule has 2 N–H and O–H groups in total. The Morgan fingerprint density at radius 3 is 2.46 bits per heavy atom. The summed E-state index contributed by atoms with van der Waals surface area (Å²) in [6.45, 7) is 1.83. The number of esters is 1. The minimum absolute atomic E-state index is 0.186. The summed E-state index contributed by atoms with van der Waals surface area (Å²) in [5.41, 5.74) is 1.02. The number of carbonyl (C=O) groups excluding carboxylic acids is 3. The van der Waals surface area contributed by atoms with E-state index in [9.17, 15) is 14.4 Å². The molecule has 2 aromatic carbocycles. The average Bonchev–Trinajstić information content (AvgIpc) is 2.62. The van der Waals surface area contributed by atoms with Crippen molar-refractivity contribution in [3.8, 4) is 0 Å². The van der Waals surface area contributed by atoms with Gasteiger partial charge in [0.15, 0.2) is 6.61 Å². The van der Waals surface area contributed by atoms with Crippen molar-refractivity contribution >= 4 is 46.7 Å². The molecule has 0 saturated heterocycles. The highest BCUT2D eigenvalue weighted by Crippen LogP contribution is 2.22. The number of anilines is 1. The van der Waals surface area contributed by atoms with E-state index in [1.807, 2.05) is 6.92 Å². The number of benzene rings is 2. The normalized spacial score (nSPS) is 10.1. The molecule has 0 aliphatic carbocycles. The molecule has 0 saturated carbocycles. The van der Waals surface area contributed by atoms with Crippen LogP contribution < -0.4 is 10.6 Å². The van der Waals surface area contributed by atoms with Crippen LogP contribution in [0.4, 0.5) is 5.69 Å². The van der Waals surface area contributed by atoms with Crippen molar-refractivity contribution in [3.05, 3.63) is 63.6 Å². The highest BCUT2D eigenvalue weighted by atomic mass is 35.5. The van der Waals surface area contributed by atoms with E-state index in [1.54, 1.807) is 18.2 Å². The molecule has 136 valence electrons. The fourth-order valence-corrected chi connectivity index (χ4v) is 2.33. The van der Waals surface area contributed by atoms with E-state index < -0.39 is 18.5 Å². The molecule has 0 aromatic heterocycles. The maximum Gasteiger partial charge on any atom is 0.338 e. The average molecular weight is 395 g/mol. The number of carbonyl (C=O) groups is 3. The topological polar surface area (TPSA) is 84.5 Å². The van der Waals surface area contributed by atoms with Gasteiger partial charge in [-0.1, -0.05) is 29.3 Å². The van der Waals surface area contributed by atoms with Crippen LogP contribution in [0.5, 0.6) is 0 Å². The Morgan fingerprint density at radius 1 is 1.00 bits per heavy atom. The SMILES string of the molecule is CCNC(=O)c1cccc(NC(=O)COC(=O)c2ccc(Cl)c(Cl)c2)c1. The largest absolute Gasteiger partial charge is 0.452 e. The molecule has 0 aliphatic rings. The summed E-state index contributed by atoms with van der Waals surface area (Å²) < 4.78 is 4.94. The van der Waals surface area contributed by atoms with Gasteiger partial charge in [-0.25, -0.2) is 4.79 Å². The first-order valence-electron chi connectivity index (χ1n) is 7.71. The monoisotopic (exact) mass is 394 g/mol. The maximum atomic E-state index is 11.9. The predicted octanol–water partition coefficient (Wildman–Crippen LogP) is 3.54. The Labute approximate surface area is 160 Å². The van der Waals surface area contributed by atoms with Gasteiger partial charge in [-0.3, -0.25) is 9.59 Å². The van der Waals surface area contributed by atoms with E-state index in [0.29, 0.717) is 22.8 Å². The smallest absolute Gasteiger partial charge is 0.338 e. The van der Waals surface area contributed by atoms with Crippen LogP contribution in [0.1, 0.15) is 27.6 Å².